The second-order valence-corrected chi connectivity index (χ2v) is 8.77. The third-order valence-electron chi connectivity index (χ3n) is 6.52. The number of anilines is 1. The van der Waals surface area contributed by atoms with E-state index in [1.54, 1.807) is 42.5 Å². The van der Waals surface area contributed by atoms with E-state index in [9.17, 15) is 14.4 Å². The van der Waals surface area contributed by atoms with Crippen LogP contribution in [0.4, 0.5) is 5.69 Å². The summed E-state index contributed by atoms with van der Waals surface area (Å²) in [5.41, 5.74) is 6.78. The van der Waals surface area contributed by atoms with E-state index in [0.29, 0.717) is 45.1 Å². The van der Waals surface area contributed by atoms with Gasteiger partial charge in [0.05, 0.1) is 48.0 Å². The van der Waals surface area contributed by atoms with Crippen molar-refractivity contribution in [3.63, 3.8) is 0 Å². The number of hydrogen-bond donors (Lipinski definition) is 1. The molecule has 2 N–H and O–H groups in total. The van der Waals surface area contributed by atoms with Crippen molar-refractivity contribution in [2.24, 2.45) is 0 Å². The first-order valence-electron chi connectivity index (χ1n) is 12.5. The number of hydrogen-bond acceptors (Lipinski definition) is 11. The molecule has 3 aromatic carbocycles. The summed E-state index contributed by atoms with van der Waals surface area (Å²) >= 11 is 0. The maximum atomic E-state index is 14.2. The average Bonchev–Trinajstić information content (AvgIpc) is 3.02. The maximum absolute atomic E-state index is 14.2. The first kappa shape index (κ1) is 29.6. The summed E-state index contributed by atoms with van der Waals surface area (Å²) in [6.45, 7) is -0.426. The average molecular weight is 579 g/mol. The molecule has 0 aliphatic heterocycles. The Morgan fingerprint density at radius 1 is 0.738 bits per heavy atom. The Labute approximate surface area is 241 Å². The van der Waals surface area contributed by atoms with Crippen molar-refractivity contribution in [2.75, 3.05) is 55.0 Å². The Bertz CT molecular complexity index is 1690. The normalized spacial score (nSPS) is 10.6. The zero-order valence-electron chi connectivity index (χ0n) is 23.9. The van der Waals surface area contributed by atoms with Gasteiger partial charge in [-0.05, 0) is 54.1 Å². The SMILES string of the molecule is COC(=O)COc1cc2c(=O)n(-c3ccc(N)cc3)c(C(=O)OC)c(-c3cc(OC)c(OC)c(OC)c3)c2cc1OC. The number of benzene rings is 3. The molecule has 4 rings (SSSR count). The van der Waals surface area contributed by atoms with E-state index in [4.69, 9.17) is 34.2 Å². The molecular formula is C30H30N2O10. The van der Waals surface area contributed by atoms with Gasteiger partial charge in [-0.2, -0.15) is 0 Å². The van der Waals surface area contributed by atoms with E-state index in [1.807, 2.05) is 0 Å². The van der Waals surface area contributed by atoms with Crippen molar-refractivity contribution in [1.29, 1.82) is 0 Å². The Balaban J connectivity index is 2.23. The van der Waals surface area contributed by atoms with Gasteiger partial charge in [-0.25, -0.2) is 9.59 Å². The number of pyridine rings is 1. The van der Waals surface area contributed by atoms with Crippen LogP contribution >= 0.6 is 0 Å². The van der Waals surface area contributed by atoms with Gasteiger partial charge >= 0.3 is 11.9 Å². The number of carbonyl (C=O) groups is 2. The summed E-state index contributed by atoms with van der Waals surface area (Å²) in [5, 5.41) is 0.465. The fourth-order valence-corrected chi connectivity index (χ4v) is 4.55. The molecule has 1 aromatic heterocycles. The van der Waals surface area contributed by atoms with Crippen molar-refractivity contribution in [3.05, 3.63) is 64.6 Å². The van der Waals surface area contributed by atoms with Crippen LogP contribution in [0.1, 0.15) is 10.5 Å². The highest BCUT2D eigenvalue weighted by Crippen LogP contribution is 2.45. The molecule has 220 valence electrons. The number of carbonyl (C=O) groups excluding carboxylic acids is 2. The van der Waals surface area contributed by atoms with Crippen LogP contribution in [-0.2, 0) is 14.3 Å². The molecule has 0 radical (unpaired) electrons. The zero-order valence-corrected chi connectivity index (χ0v) is 23.9. The molecule has 0 saturated carbocycles. The molecular weight excluding hydrogens is 548 g/mol. The third kappa shape index (κ3) is 5.33. The third-order valence-corrected chi connectivity index (χ3v) is 6.52. The fraction of sp³-hybridized carbons (Fsp3) is 0.233. The monoisotopic (exact) mass is 578 g/mol. The Kier molecular flexibility index (Phi) is 8.75. The molecule has 0 unspecified atom stereocenters. The van der Waals surface area contributed by atoms with E-state index >= 15 is 0 Å². The summed E-state index contributed by atoms with van der Waals surface area (Å²) < 4.78 is 38.9. The molecule has 12 nitrogen and oxygen atoms in total. The summed E-state index contributed by atoms with van der Waals surface area (Å²) in [4.78, 5) is 39.5. The van der Waals surface area contributed by atoms with Gasteiger partial charge in [0.2, 0.25) is 5.75 Å². The number of nitrogens with two attached hydrogens (primary N) is 1. The molecule has 0 fully saturated rings. The van der Waals surface area contributed by atoms with Crippen LogP contribution in [0.2, 0.25) is 0 Å². The molecule has 0 saturated heterocycles. The lowest BCUT2D eigenvalue weighted by Gasteiger charge is -2.21. The molecule has 4 aromatic rings. The Hall–Kier alpha value is -5.39. The fourth-order valence-electron chi connectivity index (χ4n) is 4.55. The second-order valence-electron chi connectivity index (χ2n) is 8.77. The molecule has 12 heteroatoms. The number of methoxy groups -OCH3 is 6. The topological polar surface area (TPSA) is 147 Å². The number of aromatic nitrogens is 1. The summed E-state index contributed by atoms with van der Waals surface area (Å²) in [5.74, 6) is -0.165. The molecule has 0 aliphatic carbocycles. The smallest absolute Gasteiger partial charge is 0.355 e. The van der Waals surface area contributed by atoms with Crippen molar-refractivity contribution >= 4 is 28.4 Å². The van der Waals surface area contributed by atoms with Gasteiger partial charge in [0.25, 0.3) is 5.56 Å². The number of ether oxygens (including phenoxy) is 7. The molecule has 0 spiro atoms. The van der Waals surface area contributed by atoms with Crippen LogP contribution in [0, 0.1) is 0 Å². The number of nitrogens with zero attached hydrogens (tertiary/aromatic N) is 1. The van der Waals surface area contributed by atoms with Crippen molar-refractivity contribution in [2.45, 2.75) is 0 Å². The van der Waals surface area contributed by atoms with Crippen LogP contribution in [0.15, 0.2) is 53.3 Å². The summed E-state index contributed by atoms with van der Waals surface area (Å²) in [7, 11) is 8.24. The van der Waals surface area contributed by atoms with Gasteiger partial charge in [-0.15, -0.1) is 0 Å². The predicted octanol–water partition coefficient (Wildman–Crippen LogP) is 3.61. The lowest BCUT2D eigenvalue weighted by Crippen LogP contribution is -2.27. The molecule has 1 heterocycles. The lowest BCUT2D eigenvalue weighted by atomic mass is 9.95. The van der Waals surface area contributed by atoms with Crippen molar-refractivity contribution < 1.29 is 42.7 Å². The van der Waals surface area contributed by atoms with Crippen molar-refractivity contribution in [3.8, 4) is 45.6 Å². The minimum atomic E-state index is -0.792. The van der Waals surface area contributed by atoms with Gasteiger partial charge in [-0.3, -0.25) is 9.36 Å². The number of nitrogen functional groups attached to an aromatic ring is 1. The van der Waals surface area contributed by atoms with Crippen LogP contribution in [0.25, 0.3) is 27.6 Å². The Morgan fingerprint density at radius 2 is 1.33 bits per heavy atom. The minimum absolute atomic E-state index is 0.0840. The zero-order chi connectivity index (χ0) is 30.6. The number of esters is 2. The first-order valence-corrected chi connectivity index (χ1v) is 12.5. The highest BCUT2D eigenvalue weighted by Gasteiger charge is 2.28. The van der Waals surface area contributed by atoms with Gasteiger partial charge in [-0.1, -0.05) is 0 Å². The molecule has 0 amide bonds. The summed E-state index contributed by atoms with van der Waals surface area (Å²) in [6, 6.07) is 12.7. The number of rotatable bonds is 10. The van der Waals surface area contributed by atoms with Crippen LogP contribution in [0.5, 0.6) is 28.7 Å². The van der Waals surface area contributed by atoms with Gasteiger partial charge in [0.15, 0.2) is 29.6 Å². The first-order chi connectivity index (χ1) is 20.2. The van der Waals surface area contributed by atoms with Crippen LogP contribution < -0.4 is 35.0 Å². The molecule has 0 bridgehead atoms. The van der Waals surface area contributed by atoms with E-state index in [0.717, 1.165) is 0 Å². The van der Waals surface area contributed by atoms with Crippen LogP contribution in [-0.4, -0.2) is 65.8 Å². The van der Waals surface area contributed by atoms with E-state index in [2.05, 4.69) is 4.74 Å². The van der Waals surface area contributed by atoms with Crippen LogP contribution in [0.3, 0.4) is 0 Å². The predicted molar refractivity (Wildman–Crippen MR) is 154 cm³/mol. The highest BCUT2D eigenvalue weighted by molar-refractivity contribution is 6.08. The van der Waals surface area contributed by atoms with Gasteiger partial charge < -0.3 is 38.9 Å². The Morgan fingerprint density at radius 3 is 1.86 bits per heavy atom. The second kappa shape index (κ2) is 12.4. The molecule has 42 heavy (non-hydrogen) atoms. The quantitative estimate of drug-likeness (QED) is 0.217. The molecule has 0 atom stereocenters. The van der Waals surface area contributed by atoms with E-state index in [1.165, 1.54) is 53.3 Å². The largest absolute Gasteiger partial charge is 0.493 e. The standard InChI is InChI=1S/C30H30N2O10/c1-36-21-13-19-20(14-22(21)42-15-25(33)39-4)29(34)32(18-9-7-17(31)8-10-18)27(30(35)41-6)26(19)16-11-23(37-2)28(40-5)24(12-16)38-3/h7-14H,15,31H2,1-6H3. The lowest BCUT2D eigenvalue weighted by molar-refractivity contribution is -0.142. The summed E-state index contributed by atoms with van der Waals surface area (Å²) in [6.07, 6.45) is 0. The highest BCUT2D eigenvalue weighted by atomic mass is 16.6. The van der Waals surface area contributed by atoms with Crippen molar-refractivity contribution in [1.82, 2.24) is 4.57 Å². The van der Waals surface area contributed by atoms with Gasteiger partial charge in [0, 0.05) is 22.3 Å². The number of fused-ring (bicyclic) bond motifs is 1. The van der Waals surface area contributed by atoms with E-state index < -0.39 is 24.1 Å². The maximum Gasteiger partial charge on any atom is 0.355 e. The van der Waals surface area contributed by atoms with Gasteiger partial charge in [0.1, 0.15) is 5.69 Å². The molecule has 0 aliphatic rings. The van der Waals surface area contributed by atoms with E-state index in [-0.39, 0.29) is 22.6 Å². The minimum Gasteiger partial charge on any atom is -0.493 e.